The summed E-state index contributed by atoms with van der Waals surface area (Å²) in [5.74, 6) is 2.84. The zero-order valence-electron chi connectivity index (χ0n) is 27.0. The van der Waals surface area contributed by atoms with Gasteiger partial charge in [0.2, 0.25) is 0 Å². The van der Waals surface area contributed by atoms with Crippen molar-refractivity contribution in [3.8, 4) is 11.3 Å². The van der Waals surface area contributed by atoms with E-state index in [1.165, 1.54) is 31.4 Å². The number of ketones is 1. The number of halogens is 3. The molecule has 0 aliphatic heterocycles. The molecular weight excluding hydrogens is 764 g/mol. The van der Waals surface area contributed by atoms with Gasteiger partial charge < -0.3 is 10.1 Å². The molecule has 3 nitrogen and oxygen atoms in total. The maximum absolute atomic E-state index is 13.1. The molecule has 0 unspecified atom stereocenters. The van der Waals surface area contributed by atoms with Gasteiger partial charge in [-0.2, -0.15) is 13.2 Å². The van der Waals surface area contributed by atoms with E-state index < -0.39 is 17.2 Å². The molecule has 3 aromatic carbocycles. The molecule has 0 saturated heterocycles. The van der Waals surface area contributed by atoms with E-state index in [9.17, 15) is 23.1 Å². The zero-order valence-corrected chi connectivity index (χ0v) is 29.4. The predicted molar refractivity (Wildman–Crippen MR) is 174 cm³/mol. The first kappa shape index (κ1) is 34.3. The van der Waals surface area contributed by atoms with Gasteiger partial charge in [-0.25, -0.2) is 0 Å². The number of carbonyl (C=O) groups excluding carboxylic acids is 1. The minimum atomic E-state index is -4.37. The van der Waals surface area contributed by atoms with Crippen LogP contribution in [0.5, 0.6) is 0 Å². The number of allylic oxidation sites excluding steroid dienone is 2. The number of aryl methyl sites for hydroxylation is 2. The number of rotatable bonds is 3. The van der Waals surface area contributed by atoms with Crippen LogP contribution in [-0.2, 0) is 31.1 Å². The van der Waals surface area contributed by atoms with Crippen molar-refractivity contribution >= 4 is 27.3 Å². The summed E-state index contributed by atoms with van der Waals surface area (Å²) in [7, 11) is 0. The molecule has 8 rings (SSSR count). The third kappa shape index (κ3) is 6.82. The molecule has 4 aromatic rings. The molecule has 4 bridgehead atoms. The van der Waals surface area contributed by atoms with Crippen LogP contribution < -0.4 is 0 Å². The van der Waals surface area contributed by atoms with E-state index in [1.807, 2.05) is 58.9 Å². The van der Waals surface area contributed by atoms with Crippen LogP contribution in [0, 0.1) is 48.5 Å². The third-order valence-electron chi connectivity index (χ3n) is 10.1. The van der Waals surface area contributed by atoms with E-state index in [4.69, 9.17) is 0 Å². The maximum atomic E-state index is 13.1. The molecule has 4 saturated carbocycles. The number of carbonyl (C=O) groups is 1. The van der Waals surface area contributed by atoms with E-state index >= 15 is 0 Å². The van der Waals surface area contributed by atoms with Crippen molar-refractivity contribution in [3.63, 3.8) is 0 Å². The van der Waals surface area contributed by atoms with Gasteiger partial charge in [-0.3, -0.25) is 4.79 Å². The summed E-state index contributed by atoms with van der Waals surface area (Å²) in [6.45, 7) is 9.71. The molecule has 1 N–H and O–H groups in total. The van der Waals surface area contributed by atoms with Crippen LogP contribution in [-0.4, -0.2) is 15.9 Å². The van der Waals surface area contributed by atoms with E-state index in [2.05, 4.69) is 11.1 Å². The number of alkyl halides is 3. The van der Waals surface area contributed by atoms with Crippen molar-refractivity contribution in [2.75, 3.05) is 0 Å². The Morgan fingerprint density at radius 1 is 0.891 bits per heavy atom. The number of hydrogen-bond acceptors (Lipinski definition) is 3. The Morgan fingerprint density at radius 2 is 1.50 bits per heavy atom. The summed E-state index contributed by atoms with van der Waals surface area (Å²) >= 11 is 0. The van der Waals surface area contributed by atoms with E-state index in [-0.39, 0.29) is 31.3 Å². The predicted octanol–water partition coefficient (Wildman–Crippen LogP) is 10.7. The van der Waals surface area contributed by atoms with Gasteiger partial charge in [0.25, 0.3) is 0 Å². The van der Waals surface area contributed by atoms with Crippen LogP contribution in [0.4, 0.5) is 13.2 Å². The summed E-state index contributed by atoms with van der Waals surface area (Å²) in [6.07, 6.45) is 6.24. The molecular formula is C39H41F3IrNO2-. The molecule has 1 heterocycles. The van der Waals surface area contributed by atoms with E-state index in [0.29, 0.717) is 11.1 Å². The number of aromatic nitrogens is 1. The number of nitrogens with zero attached hydrogens (tertiary/aromatic N) is 1. The first-order chi connectivity index (χ1) is 21.1. The molecule has 1 aromatic heterocycles. The summed E-state index contributed by atoms with van der Waals surface area (Å²) in [5, 5.41) is 13.5. The Bertz CT molecular complexity index is 1760. The Kier molecular flexibility index (Phi) is 9.35. The van der Waals surface area contributed by atoms with Gasteiger partial charge in [-0.05, 0) is 102 Å². The second-order valence-corrected chi connectivity index (χ2v) is 14.9. The summed E-state index contributed by atoms with van der Waals surface area (Å²) in [6, 6.07) is 16.7. The Morgan fingerprint density at radius 3 is 2.07 bits per heavy atom. The van der Waals surface area contributed by atoms with Crippen molar-refractivity contribution in [1.82, 2.24) is 4.98 Å². The molecule has 7 heteroatoms. The van der Waals surface area contributed by atoms with Gasteiger partial charge in [0.15, 0.2) is 5.78 Å². The SMILES string of the molecule is CC(C)(C)C(=O)C=C(O)C12CC3CC(CC(C3)C1)C2.Cc1[c-]c(-c2nccc3c2ccc2ccc(C(F)(F)F)cc23)cc(C)c1.[Ir]. The first-order valence-corrected chi connectivity index (χ1v) is 16.0. The normalized spacial score (nSPS) is 24.0. The van der Waals surface area contributed by atoms with Gasteiger partial charge in [0, 0.05) is 43.2 Å². The molecule has 1 radical (unpaired) electrons. The van der Waals surface area contributed by atoms with Crippen molar-refractivity contribution in [2.45, 2.75) is 79.3 Å². The average Bonchev–Trinajstić information content (AvgIpc) is 2.94. The fraction of sp³-hybridized carbons (Fsp3) is 0.436. The minimum absolute atomic E-state index is 0. The summed E-state index contributed by atoms with van der Waals surface area (Å²) < 4.78 is 39.4. The largest absolute Gasteiger partial charge is 0.512 e. The van der Waals surface area contributed by atoms with Crippen LogP contribution in [0.3, 0.4) is 0 Å². The topological polar surface area (TPSA) is 50.2 Å². The van der Waals surface area contributed by atoms with Gasteiger partial charge in [0.1, 0.15) is 5.76 Å². The molecule has 0 atom stereocenters. The summed E-state index contributed by atoms with van der Waals surface area (Å²) in [4.78, 5) is 16.6. The van der Waals surface area contributed by atoms with Gasteiger partial charge in [0.05, 0.1) is 5.56 Å². The molecule has 0 amide bonds. The minimum Gasteiger partial charge on any atom is -0.512 e. The molecule has 0 spiro atoms. The number of pyridine rings is 1. The number of aliphatic hydroxyl groups is 1. The average molecular weight is 805 g/mol. The third-order valence-corrected chi connectivity index (χ3v) is 10.1. The fourth-order valence-corrected chi connectivity index (χ4v) is 8.32. The number of benzene rings is 3. The van der Waals surface area contributed by atoms with Crippen molar-refractivity contribution < 1.29 is 43.2 Å². The smallest absolute Gasteiger partial charge is 0.416 e. The molecule has 4 aliphatic rings. The van der Waals surface area contributed by atoms with Gasteiger partial charge in [-0.15, -0.1) is 34.9 Å². The van der Waals surface area contributed by atoms with Gasteiger partial charge in [-0.1, -0.05) is 52.8 Å². The first-order valence-electron chi connectivity index (χ1n) is 16.0. The Labute approximate surface area is 283 Å². The van der Waals surface area contributed by atoms with Crippen molar-refractivity contribution in [1.29, 1.82) is 0 Å². The second-order valence-electron chi connectivity index (χ2n) is 14.9. The van der Waals surface area contributed by atoms with Crippen LogP contribution in [0.25, 0.3) is 32.8 Å². The summed E-state index contributed by atoms with van der Waals surface area (Å²) in [5.41, 5.74) is 2.59. The number of fused-ring (bicyclic) bond motifs is 3. The van der Waals surface area contributed by atoms with Crippen LogP contribution in [0.15, 0.2) is 66.6 Å². The quantitative estimate of drug-likeness (QED) is 0.0971. The van der Waals surface area contributed by atoms with Gasteiger partial charge >= 0.3 is 6.18 Å². The van der Waals surface area contributed by atoms with Crippen molar-refractivity contribution in [3.05, 3.63) is 89.3 Å². The Hall–Kier alpha value is -3.02. The zero-order chi connectivity index (χ0) is 32.3. The molecule has 4 fully saturated rings. The Balaban J connectivity index is 0.000000186. The number of hydrogen-bond donors (Lipinski definition) is 1. The standard InChI is InChI=1S/C22H15F3N.C17H26O2.Ir/c1-13-9-14(2)11-16(10-13)21-19-6-4-15-3-5-17(22(23,24)25)12-20(15)18(19)7-8-26-21;1-16(2,3)14(18)7-15(19)17-8-11-4-12(9-17)6-13(5-11)10-17;/h3-10,12H,1-2H3;7,11-13,19H,4-6,8-10H2,1-3H3;/q-1;;. The van der Waals surface area contributed by atoms with Crippen molar-refractivity contribution in [2.24, 2.45) is 28.6 Å². The van der Waals surface area contributed by atoms with E-state index in [0.717, 1.165) is 81.6 Å². The van der Waals surface area contributed by atoms with Crippen LogP contribution in [0.2, 0.25) is 0 Å². The second kappa shape index (κ2) is 12.5. The number of aliphatic hydroxyl groups excluding tert-OH is 1. The fourth-order valence-electron chi connectivity index (χ4n) is 8.32. The molecule has 245 valence electrons. The maximum Gasteiger partial charge on any atom is 0.416 e. The van der Waals surface area contributed by atoms with Crippen LogP contribution >= 0.6 is 0 Å². The molecule has 46 heavy (non-hydrogen) atoms. The van der Waals surface area contributed by atoms with Crippen LogP contribution in [0.1, 0.15) is 76.0 Å². The monoisotopic (exact) mass is 805 g/mol. The molecule has 4 aliphatic carbocycles. The van der Waals surface area contributed by atoms with E-state index in [1.54, 1.807) is 18.3 Å².